The van der Waals surface area contributed by atoms with Crippen LogP contribution in [0.4, 0.5) is 0 Å². The third-order valence-corrected chi connectivity index (χ3v) is 4.76. The van der Waals surface area contributed by atoms with Crippen molar-refractivity contribution in [2.24, 2.45) is 0 Å². The normalized spacial score (nSPS) is 10.5. The van der Waals surface area contributed by atoms with Crippen LogP contribution < -0.4 is 4.74 Å². The highest BCUT2D eigenvalue weighted by molar-refractivity contribution is 5.81. The van der Waals surface area contributed by atoms with Crippen LogP contribution in [0, 0.1) is 0 Å². The summed E-state index contributed by atoms with van der Waals surface area (Å²) in [6.45, 7) is 5.71. The SMILES string of the molecule is C=C(C)Oc1ccc(-c2ccc(O)c(-c3ccccc3)c2)cc1-c1ccccc1. The molecular weight excluding hydrogens is 356 g/mol. The van der Waals surface area contributed by atoms with E-state index in [0.717, 1.165) is 39.1 Å². The quantitative estimate of drug-likeness (QED) is 0.369. The Morgan fingerprint density at radius 3 is 1.76 bits per heavy atom. The van der Waals surface area contributed by atoms with Crippen molar-refractivity contribution in [1.82, 2.24) is 0 Å². The molecule has 142 valence electrons. The number of hydrogen-bond donors (Lipinski definition) is 1. The first-order valence-electron chi connectivity index (χ1n) is 9.53. The van der Waals surface area contributed by atoms with Gasteiger partial charge in [-0.3, -0.25) is 0 Å². The molecule has 0 unspecified atom stereocenters. The third kappa shape index (κ3) is 4.07. The Kier molecular flexibility index (Phi) is 5.17. The molecule has 0 saturated carbocycles. The van der Waals surface area contributed by atoms with E-state index < -0.39 is 0 Å². The lowest BCUT2D eigenvalue weighted by Gasteiger charge is -2.14. The first-order chi connectivity index (χ1) is 14.1. The van der Waals surface area contributed by atoms with E-state index in [1.54, 1.807) is 6.07 Å². The van der Waals surface area contributed by atoms with Gasteiger partial charge in [0.15, 0.2) is 0 Å². The van der Waals surface area contributed by atoms with Crippen molar-refractivity contribution in [3.05, 3.63) is 109 Å². The second-order valence-electron chi connectivity index (χ2n) is 6.98. The number of ether oxygens (including phenoxy) is 1. The van der Waals surface area contributed by atoms with Crippen molar-refractivity contribution in [2.75, 3.05) is 0 Å². The molecule has 4 rings (SSSR count). The van der Waals surface area contributed by atoms with E-state index in [0.29, 0.717) is 5.76 Å². The average Bonchev–Trinajstić information content (AvgIpc) is 2.75. The molecule has 0 aromatic heterocycles. The van der Waals surface area contributed by atoms with E-state index in [2.05, 4.69) is 24.8 Å². The largest absolute Gasteiger partial charge is 0.507 e. The zero-order chi connectivity index (χ0) is 20.2. The van der Waals surface area contributed by atoms with Crippen LogP contribution in [0.5, 0.6) is 11.5 Å². The maximum absolute atomic E-state index is 10.4. The van der Waals surface area contributed by atoms with Crippen LogP contribution in [-0.4, -0.2) is 5.11 Å². The summed E-state index contributed by atoms with van der Waals surface area (Å²) in [5, 5.41) is 10.4. The summed E-state index contributed by atoms with van der Waals surface area (Å²) in [6, 6.07) is 31.9. The monoisotopic (exact) mass is 378 g/mol. The van der Waals surface area contributed by atoms with Crippen LogP contribution in [0.3, 0.4) is 0 Å². The Bertz CT molecular complexity index is 1150. The van der Waals surface area contributed by atoms with Crippen LogP contribution in [0.1, 0.15) is 6.92 Å². The topological polar surface area (TPSA) is 29.5 Å². The minimum Gasteiger partial charge on any atom is -0.507 e. The first kappa shape index (κ1) is 18.6. The highest BCUT2D eigenvalue weighted by atomic mass is 16.5. The van der Waals surface area contributed by atoms with Crippen LogP contribution in [0.15, 0.2) is 109 Å². The molecule has 4 aromatic rings. The van der Waals surface area contributed by atoms with Gasteiger partial charge >= 0.3 is 0 Å². The van der Waals surface area contributed by atoms with Gasteiger partial charge in [-0.05, 0) is 53.4 Å². The van der Waals surface area contributed by atoms with E-state index in [9.17, 15) is 5.11 Å². The molecule has 0 aliphatic rings. The highest BCUT2D eigenvalue weighted by Crippen LogP contribution is 2.38. The van der Waals surface area contributed by atoms with E-state index in [4.69, 9.17) is 4.74 Å². The standard InChI is InChI=1S/C27H22O2/c1-19(2)29-27-16-14-23(18-25(27)21-11-7-4-8-12-21)22-13-15-26(28)24(17-22)20-9-5-3-6-10-20/h3-18,28H,1H2,2H3. The Morgan fingerprint density at radius 1 is 0.655 bits per heavy atom. The van der Waals surface area contributed by atoms with Crippen molar-refractivity contribution >= 4 is 0 Å². The van der Waals surface area contributed by atoms with Crippen molar-refractivity contribution in [3.8, 4) is 44.9 Å². The van der Waals surface area contributed by atoms with Crippen molar-refractivity contribution in [3.63, 3.8) is 0 Å². The Hall–Kier alpha value is -3.78. The first-order valence-corrected chi connectivity index (χ1v) is 9.53. The summed E-state index contributed by atoms with van der Waals surface area (Å²) in [6.07, 6.45) is 0. The Labute approximate surface area is 171 Å². The zero-order valence-electron chi connectivity index (χ0n) is 16.3. The molecule has 0 aliphatic carbocycles. The number of benzene rings is 4. The van der Waals surface area contributed by atoms with Gasteiger partial charge in [-0.25, -0.2) is 0 Å². The Morgan fingerprint density at radius 2 is 1.17 bits per heavy atom. The highest BCUT2D eigenvalue weighted by Gasteiger charge is 2.12. The van der Waals surface area contributed by atoms with Crippen LogP contribution in [0.2, 0.25) is 0 Å². The second-order valence-corrected chi connectivity index (χ2v) is 6.98. The number of aromatic hydroxyl groups is 1. The third-order valence-electron chi connectivity index (χ3n) is 4.76. The smallest absolute Gasteiger partial charge is 0.134 e. The number of rotatable bonds is 5. The van der Waals surface area contributed by atoms with E-state index in [1.807, 2.05) is 79.7 Å². The summed E-state index contributed by atoms with van der Waals surface area (Å²) in [7, 11) is 0. The van der Waals surface area contributed by atoms with Crippen LogP contribution in [0.25, 0.3) is 33.4 Å². The van der Waals surface area contributed by atoms with Crippen LogP contribution >= 0.6 is 0 Å². The molecule has 0 heterocycles. The minimum absolute atomic E-state index is 0.269. The number of phenols is 1. The Balaban J connectivity index is 1.83. The summed E-state index contributed by atoms with van der Waals surface area (Å²) >= 11 is 0. The molecule has 0 fully saturated rings. The molecule has 0 amide bonds. The molecule has 29 heavy (non-hydrogen) atoms. The number of allylic oxidation sites excluding steroid dienone is 1. The molecule has 2 heteroatoms. The minimum atomic E-state index is 0.269. The maximum Gasteiger partial charge on any atom is 0.134 e. The predicted octanol–water partition coefficient (Wildman–Crippen LogP) is 7.31. The summed E-state index contributed by atoms with van der Waals surface area (Å²) < 4.78 is 5.87. The van der Waals surface area contributed by atoms with Crippen molar-refractivity contribution < 1.29 is 9.84 Å². The lowest BCUT2D eigenvalue weighted by Crippen LogP contribution is -1.93. The molecule has 0 spiro atoms. The maximum atomic E-state index is 10.4. The van der Waals surface area contributed by atoms with Crippen LogP contribution in [-0.2, 0) is 0 Å². The predicted molar refractivity (Wildman–Crippen MR) is 120 cm³/mol. The van der Waals surface area contributed by atoms with E-state index >= 15 is 0 Å². The van der Waals surface area contributed by atoms with E-state index in [-0.39, 0.29) is 5.75 Å². The molecule has 0 radical (unpaired) electrons. The van der Waals surface area contributed by atoms with Crippen molar-refractivity contribution in [2.45, 2.75) is 6.92 Å². The van der Waals surface area contributed by atoms with Gasteiger partial charge in [0.25, 0.3) is 0 Å². The molecule has 0 atom stereocenters. The number of hydrogen-bond acceptors (Lipinski definition) is 2. The zero-order valence-corrected chi connectivity index (χ0v) is 16.3. The molecule has 4 aromatic carbocycles. The lowest BCUT2D eigenvalue weighted by molar-refractivity contribution is 0.432. The summed E-state index contributed by atoms with van der Waals surface area (Å²) in [5.74, 6) is 1.69. The fourth-order valence-corrected chi connectivity index (χ4v) is 3.39. The summed E-state index contributed by atoms with van der Waals surface area (Å²) in [4.78, 5) is 0. The van der Waals surface area contributed by atoms with Gasteiger partial charge in [-0.15, -0.1) is 0 Å². The van der Waals surface area contributed by atoms with E-state index in [1.165, 1.54) is 0 Å². The van der Waals surface area contributed by atoms with Gasteiger partial charge < -0.3 is 9.84 Å². The van der Waals surface area contributed by atoms with Gasteiger partial charge in [-0.2, -0.15) is 0 Å². The molecular formula is C27H22O2. The molecule has 1 N–H and O–H groups in total. The fraction of sp³-hybridized carbons (Fsp3) is 0.0370. The lowest BCUT2D eigenvalue weighted by atomic mass is 9.95. The number of phenolic OH excluding ortho intramolecular Hbond substituents is 1. The second kappa shape index (κ2) is 8.07. The average molecular weight is 378 g/mol. The molecule has 0 bridgehead atoms. The fourth-order valence-electron chi connectivity index (χ4n) is 3.39. The summed E-state index contributed by atoms with van der Waals surface area (Å²) in [5.41, 5.74) is 5.95. The van der Waals surface area contributed by atoms with Gasteiger partial charge in [0.05, 0.1) is 5.76 Å². The molecule has 0 saturated heterocycles. The van der Waals surface area contributed by atoms with Crippen molar-refractivity contribution in [1.29, 1.82) is 0 Å². The van der Waals surface area contributed by atoms with Gasteiger partial charge in [0.1, 0.15) is 11.5 Å². The van der Waals surface area contributed by atoms with Gasteiger partial charge in [0.2, 0.25) is 0 Å². The molecule has 0 aliphatic heterocycles. The molecule has 2 nitrogen and oxygen atoms in total. The van der Waals surface area contributed by atoms with Gasteiger partial charge in [-0.1, -0.05) is 79.4 Å². The van der Waals surface area contributed by atoms with Gasteiger partial charge in [0, 0.05) is 11.1 Å².